The Bertz CT molecular complexity index is 231. The summed E-state index contributed by atoms with van der Waals surface area (Å²) in [6.07, 6.45) is 9.68. The number of unbranched alkanes of at least 4 members (excludes halogenated alkanes) is 7. The van der Waals surface area contributed by atoms with E-state index < -0.39 is 18.2 Å². The molecule has 4 heteroatoms. The minimum atomic E-state index is -0.852. The van der Waals surface area contributed by atoms with E-state index in [0.717, 1.165) is 12.8 Å². The summed E-state index contributed by atoms with van der Waals surface area (Å²) >= 11 is 0. The maximum absolute atomic E-state index is 10.3. The number of aliphatic hydroxyl groups excluding tert-OH is 2. The summed E-state index contributed by atoms with van der Waals surface area (Å²) in [5, 5.41) is 27.9. The molecule has 0 bridgehead atoms. The van der Waals surface area contributed by atoms with E-state index in [1.807, 2.05) is 0 Å². The smallest absolute Gasteiger partial charge is 0.303 e. The molecule has 2 atom stereocenters. The fourth-order valence-corrected chi connectivity index (χ4v) is 2.33. The van der Waals surface area contributed by atoms with E-state index in [1.165, 1.54) is 38.5 Å². The Kier molecular flexibility index (Phi) is 13.0. The van der Waals surface area contributed by atoms with Gasteiger partial charge in [-0.25, -0.2) is 0 Å². The zero-order valence-electron chi connectivity index (χ0n) is 12.9. The van der Waals surface area contributed by atoms with Gasteiger partial charge in [0, 0.05) is 6.42 Å². The van der Waals surface area contributed by atoms with Crippen LogP contribution in [-0.4, -0.2) is 33.5 Å². The molecule has 0 aromatic heterocycles. The number of hydrogen-bond donors (Lipinski definition) is 3. The molecule has 0 amide bonds. The summed E-state index contributed by atoms with van der Waals surface area (Å²) in [6, 6.07) is 0. The quantitative estimate of drug-likeness (QED) is 0.428. The van der Waals surface area contributed by atoms with Crippen molar-refractivity contribution < 1.29 is 20.1 Å². The molecule has 0 aromatic carbocycles. The molecule has 0 aromatic rings. The molecule has 0 aliphatic carbocycles. The Labute approximate surface area is 123 Å². The van der Waals surface area contributed by atoms with Crippen LogP contribution in [0.1, 0.15) is 84.0 Å². The first-order valence-corrected chi connectivity index (χ1v) is 8.15. The van der Waals surface area contributed by atoms with Crippen LogP contribution in [0.5, 0.6) is 0 Å². The number of carboxylic acids is 1. The standard InChI is InChI=1S/C16H32O4/c1-2-3-4-5-6-7-8-9-11-14(17)15(18)12-10-13-16(19)20/h14-15,17-18H,2-13H2,1H3,(H,19,20). The van der Waals surface area contributed by atoms with Gasteiger partial charge in [-0.1, -0.05) is 58.3 Å². The first-order valence-electron chi connectivity index (χ1n) is 8.15. The topological polar surface area (TPSA) is 77.8 Å². The summed E-state index contributed by atoms with van der Waals surface area (Å²) in [5.74, 6) is -0.852. The predicted octanol–water partition coefficient (Wildman–Crippen LogP) is 3.49. The molecule has 120 valence electrons. The number of rotatable bonds is 14. The monoisotopic (exact) mass is 288 g/mol. The van der Waals surface area contributed by atoms with E-state index in [0.29, 0.717) is 19.3 Å². The largest absolute Gasteiger partial charge is 0.481 e. The van der Waals surface area contributed by atoms with Gasteiger partial charge in [0.05, 0.1) is 12.2 Å². The number of hydrogen-bond acceptors (Lipinski definition) is 3. The lowest BCUT2D eigenvalue weighted by molar-refractivity contribution is -0.137. The lowest BCUT2D eigenvalue weighted by Crippen LogP contribution is -2.25. The van der Waals surface area contributed by atoms with Crippen molar-refractivity contribution in [2.75, 3.05) is 0 Å². The van der Waals surface area contributed by atoms with Crippen molar-refractivity contribution in [2.24, 2.45) is 0 Å². The van der Waals surface area contributed by atoms with Crippen LogP contribution >= 0.6 is 0 Å². The third-order valence-electron chi connectivity index (χ3n) is 3.69. The van der Waals surface area contributed by atoms with E-state index >= 15 is 0 Å². The van der Waals surface area contributed by atoms with Crippen molar-refractivity contribution in [1.29, 1.82) is 0 Å². The fourth-order valence-electron chi connectivity index (χ4n) is 2.33. The number of aliphatic hydroxyl groups is 2. The summed E-state index contributed by atoms with van der Waals surface area (Å²) < 4.78 is 0. The van der Waals surface area contributed by atoms with Crippen LogP contribution in [0.4, 0.5) is 0 Å². The van der Waals surface area contributed by atoms with Gasteiger partial charge in [0.25, 0.3) is 0 Å². The first kappa shape index (κ1) is 19.4. The molecular weight excluding hydrogens is 256 g/mol. The van der Waals surface area contributed by atoms with Crippen LogP contribution < -0.4 is 0 Å². The van der Waals surface area contributed by atoms with Crippen LogP contribution in [0, 0.1) is 0 Å². The molecule has 4 nitrogen and oxygen atoms in total. The second-order valence-electron chi connectivity index (χ2n) is 5.68. The molecule has 0 saturated carbocycles. The molecule has 20 heavy (non-hydrogen) atoms. The van der Waals surface area contributed by atoms with Gasteiger partial charge in [0.2, 0.25) is 0 Å². The highest BCUT2D eigenvalue weighted by atomic mass is 16.4. The Morgan fingerprint density at radius 2 is 1.25 bits per heavy atom. The molecule has 0 saturated heterocycles. The highest BCUT2D eigenvalue weighted by Crippen LogP contribution is 2.14. The van der Waals surface area contributed by atoms with Crippen LogP contribution in [-0.2, 0) is 4.79 Å². The minimum absolute atomic E-state index is 0.0571. The van der Waals surface area contributed by atoms with Gasteiger partial charge < -0.3 is 15.3 Å². The van der Waals surface area contributed by atoms with Crippen LogP contribution in [0.25, 0.3) is 0 Å². The SMILES string of the molecule is CCCCCCCCCCC(O)C(O)CCCC(=O)O. The molecule has 2 unspecified atom stereocenters. The van der Waals surface area contributed by atoms with Crippen LogP contribution in [0.2, 0.25) is 0 Å². The van der Waals surface area contributed by atoms with E-state index in [9.17, 15) is 15.0 Å². The number of aliphatic carboxylic acids is 1. The zero-order valence-corrected chi connectivity index (χ0v) is 12.9. The molecule has 0 aliphatic heterocycles. The molecule has 0 spiro atoms. The predicted molar refractivity (Wildman–Crippen MR) is 80.7 cm³/mol. The van der Waals surface area contributed by atoms with Gasteiger partial charge in [-0.05, 0) is 19.3 Å². The number of carboxylic acid groups (broad SMARTS) is 1. The highest BCUT2D eigenvalue weighted by molar-refractivity contribution is 5.66. The lowest BCUT2D eigenvalue weighted by Gasteiger charge is -2.17. The van der Waals surface area contributed by atoms with Crippen molar-refractivity contribution in [2.45, 2.75) is 96.2 Å². The average Bonchev–Trinajstić information content (AvgIpc) is 2.41. The van der Waals surface area contributed by atoms with E-state index in [1.54, 1.807) is 0 Å². The Hall–Kier alpha value is -0.610. The summed E-state index contributed by atoms with van der Waals surface area (Å²) in [4.78, 5) is 10.3. The van der Waals surface area contributed by atoms with E-state index in [-0.39, 0.29) is 6.42 Å². The Balaban J connectivity index is 3.38. The van der Waals surface area contributed by atoms with Crippen molar-refractivity contribution in [3.63, 3.8) is 0 Å². The van der Waals surface area contributed by atoms with Crippen molar-refractivity contribution in [3.8, 4) is 0 Å². The number of carbonyl (C=O) groups is 1. The molecule has 0 fully saturated rings. The minimum Gasteiger partial charge on any atom is -0.481 e. The van der Waals surface area contributed by atoms with Gasteiger partial charge in [-0.3, -0.25) is 4.79 Å². The van der Waals surface area contributed by atoms with Gasteiger partial charge in [0.1, 0.15) is 0 Å². The highest BCUT2D eigenvalue weighted by Gasteiger charge is 2.15. The van der Waals surface area contributed by atoms with Gasteiger partial charge >= 0.3 is 5.97 Å². The zero-order chi connectivity index (χ0) is 15.2. The average molecular weight is 288 g/mol. The lowest BCUT2D eigenvalue weighted by atomic mass is 10.0. The van der Waals surface area contributed by atoms with Crippen molar-refractivity contribution in [3.05, 3.63) is 0 Å². The van der Waals surface area contributed by atoms with E-state index in [2.05, 4.69) is 6.92 Å². The Morgan fingerprint density at radius 3 is 1.75 bits per heavy atom. The maximum Gasteiger partial charge on any atom is 0.303 e. The molecule has 0 heterocycles. The fraction of sp³-hybridized carbons (Fsp3) is 0.938. The van der Waals surface area contributed by atoms with Crippen molar-refractivity contribution >= 4 is 5.97 Å². The van der Waals surface area contributed by atoms with Crippen molar-refractivity contribution in [1.82, 2.24) is 0 Å². The molecule has 3 N–H and O–H groups in total. The second-order valence-corrected chi connectivity index (χ2v) is 5.68. The van der Waals surface area contributed by atoms with Crippen LogP contribution in [0.3, 0.4) is 0 Å². The molecule has 0 rings (SSSR count). The summed E-state index contributed by atoms with van der Waals surface area (Å²) in [5.41, 5.74) is 0. The van der Waals surface area contributed by atoms with Gasteiger partial charge in [-0.15, -0.1) is 0 Å². The van der Waals surface area contributed by atoms with Crippen LogP contribution in [0.15, 0.2) is 0 Å². The van der Waals surface area contributed by atoms with Gasteiger partial charge in [-0.2, -0.15) is 0 Å². The first-order chi connectivity index (χ1) is 9.57. The summed E-state index contributed by atoms with van der Waals surface area (Å²) in [6.45, 7) is 2.21. The Morgan fingerprint density at radius 1 is 0.800 bits per heavy atom. The summed E-state index contributed by atoms with van der Waals surface area (Å²) in [7, 11) is 0. The van der Waals surface area contributed by atoms with Gasteiger partial charge in [0.15, 0.2) is 0 Å². The third-order valence-corrected chi connectivity index (χ3v) is 3.69. The molecule has 0 aliphatic rings. The van der Waals surface area contributed by atoms with E-state index in [4.69, 9.17) is 5.11 Å². The third kappa shape index (κ3) is 12.4. The normalized spacial score (nSPS) is 14.2. The second kappa shape index (κ2) is 13.4. The maximum atomic E-state index is 10.3. The molecule has 0 radical (unpaired) electrons. The molecular formula is C16H32O4.